The van der Waals surface area contributed by atoms with Crippen LogP contribution < -0.4 is 10.6 Å². The largest absolute Gasteiger partial charge is 0.481 e. The van der Waals surface area contributed by atoms with E-state index in [2.05, 4.69) is 15.6 Å². The number of carbonyl (C=O) groups excluding carboxylic acids is 1. The van der Waals surface area contributed by atoms with Crippen LogP contribution in [0.2, 0.25) is 0 Å². The molecule has 0 aliphatic heterocycles. The molecule has 110 valence electrons. The molecule has 1 aliphatic carbocycles. The van der Waals surface area contributed by atoms with Gasteiger partial charge in [-0.05, 0) is 12.8 Å². The lowest BCUT2D eigenvalue weighted by Crippen LogP contribution is -2.49. The van der Waals surface area contributed by atoms with Crippen LogP contribution in [0.3, 0.4) is 0 Å². The van der Waals surface area contributed by atoms with Gasteiger partial charge >= 0.3 is 12.0 Å². The van der Waals surface area contributed by atoms with Crippen LogP contribution in [0, 0.1) is 5.41 Å². The summed E-state index contributed by atoms with van der Waals surface area (Å²) in [5.74, 6) is 0.361. The van der Waals surface area contributed by atoms with Gasteiger partial charge < -0.3 is 20.2 Å². The van der Waals surface area contributed by atoms with Crippen LogP contribution in [0.1, 0.15) is 37.8 Å². The smallest absolute Gasteiger partial charge is 0.315 e. The number of carbonyl (C=O) groups is 2. The highest BCUT2D eigenvalue weighted by atomic mass is 16.4. The van der Waals surface area contributed by atoms with Crippen LogP contribution in [-0.2, 0) is 17.8 Å². The first-order valence-corrected chi connectivity index (χ1v) is 6.74. The summed E-state index contributed by atoms with van der Waals surface area (Å²) in [5.41, 5.74) is -0.782. The SMILES string of the molecule is CCc1cnc(CNC(=O)NCC2(C(=O)O)CCC2)o1. The first-order chi connectivity index (χ1) is 9.55. The molecule has 0 bridgehead atoms. The van der Waals surface area contributed by atoms with Crippen molar-refractivity contribution in [3.05, 3.63) is 17.8 Å². The van der Waals surface area contributed by atoms with E-state index in [-0.39, 0.29) is 13.1 Å². The molecule has 1 fully saturated rings. The average Bonchev–Trinajstić information content (AvgIpc) is 2.82. The molecular formula is C13H19N3O4. The lowest BCUT2D eigenvalue weighted by Gasteiger charge is -2.37. The average molecular weight is 281 g/mol. The van der Waals surface area contributed by atoms with Gasteiger partial charge in [0.1, 0.15) is 5.76 Å². The van der Waals surface area contributed by atoms with Crippen molar-refractivity contribution in [1.82, 2.24) is 15.6 Å². The molecular weight excluding hydrogens is 262 g/mol. The van der Waals surface area contributed by atoms with Crippen LogP contribution in [0.4, 0.5) is 4.79 Å². The van der Waals surface area contributed by atoms with Gasteiger partial charge in [-0.2, -0.15) is 0 Å². The summed E-state index contributed by atoms with van der Waals surface area (Å²) in [6.07, 6.45) is 4.50. The Morgan fingerprint density at radius 2 is 2.20 bits per heavy atom. The van der Waals surface area contributed by atoms with Crippen molar-refractivity contribution in [2.45, 2.75) is 39.2 Å². The molecule has 1 aromatic heterocycles. The highest BCUT2D eigenvalue weighted by Crippen LogP contribution is 2.40. The molecule has 7 nitrogen and oxygen atoms in total. The van der Waals surface area contributed by atoms with Gasteiger partial charge in [-0.3, -0.25) is 4.79 Å². The molecule has 7 heteroatoms. The Morgan fingerprint density at radius 3 is 2.70 bits per heavy atom. The number of nitrogens with one attached hydrogen (secondary N) is 2. The van der Waals surface area contributed by atoms with E-state index in [9.17, 15) is 9.59 Å². The molecule has 2 amide bonds. The topological polar surface area (TPSA) is 104 Å². The molecule has 1 aromatic rings. The number of nitrogens with zero attached hydrogens (tertiary/aromatic N) is 1. The highest BCUT2D eigenvalue weighted by Gasteiger charge is 2.44. The molecule has 1 heterocycles. The van der Waals surface area contributed by atoms with Gasteiger partial charge in [0.25, 0.3) is 0 Å². The van der Waals surface area contributed by atoms with Crippen molar-refractivity contribution in [3.63, 3.8) is 0 Å². The number of aliphatic carboxylic acids is 1. The molecule has 0 saturated heterocycles. The van der Waals surface area contributed by atoms with E-state index in [1.54, 1.807) is 6.20 Å². The highest BCUT2D eigenvalue weighted by molar-refractivity contribution is 5.78. The first-order valence-electron chi connectivity index (χ1n) is 6.74. The van der Waals surface area contributed by atoms with Crippen molar-refractivity contribution >= 4 is 12.0 Å². The monoisotopic (exact) mass is 281 g/mol. The number of aryl methyl sites for hydroxylation is 1. The maximum atomic E-state index is 11.6. The summed E-state index contributed by atoms with van der Waals surface area (Å²) in [7, 11) is 0. The molecule has 1 saturated carbocycles. The van der Waals surface area contributed by atoms with E-state index in [4.69, 9.17) is 9.52 Å². The van der Waals surface area contributed by atoms with Crippen molar-refractivity contribution < 1.29 is 19.1 Å². The van der Waals surface area contributed by atoms with E-state index in [0.29, 0.717) is 18.7 Å². The third kappa shape index (κ3) is 3.09. The van der Waals surface area contributed by atoms with Crippen molar-refractivity contribution in [3.8, 4) is 0 Å². The molecule has 0 radical (unpaired) electrons. The summed E-state index contributed by atoms with van der Waals surface area (Å²) >= 11 is 0. The number of amides is 2. The lowest BCUT2D eigenvalue weighted by atomic mass is 9.69. The predicted octanol–water partition coefficient (Wildman–Crippen LogP) is 1.29. The number of hydrogen-bond acceptors (Lipinski definition) is 4. The second-order valence-electron chi connectivity index (χ2n) is 5.05. The van der Waals surface area contributed by atoms with Crippen LogP contribution in [0.25, 0.3) is 0 Å². The Kier molecular flexibility index (Phi) is 4.26. The Bertz CT molecular complexity index is 494. The molecule has 0 spiro atoms. The lowest BCUT2D eigenvalue weighted by molar-refractivity contribution is -0.153. The van der Waals surface area contributed by atoms with Crippen molar-refractivity contribution in [1.29, 1.82) is 0 Å². The third-order valence-corrected chi connectivity index (χ3v) is 3.70. The van der Waals surface area contributed by atoms with E-state index in [1.165, 1.54) is 0 Å². The van der Waals surface area contributed by atoms with Gasteiger partial charge in [0.05, 0.1) is 18.2 Å². The summed E-state index contributed by atoms with van der Waals surface area (Å²) < 4.78 is 5.35. The fourth-order valence-corrected chi connectivity index (χ4v) is 2.13. The second-order valence-corrected chi connectivity index (χ2v) is 5.05. The number of carboxylic acids is 1. The Balaban J connectivity index is 1.74. The molecule has 1 aliphatic rings. The number of oxazole rings is 1. The molecule has 0 unspecified atom stereocenters. The normalized spacial score (nSPS) is 16.2. The minimum absolute atomic E-state index is 0.153. The zero-order valence-electron chi connectivity index (χ0n) is 11.4. The van der Waals surface area contributed by atoms with Gasteiger partial charge in [0.2, 0.25) is 5.89 Å². The van der Waals surface area contributed by atoms with E-state index in [0.717, 1.165) is 18.6 Å². The predicted molar refractivity (Wildman–Crippen MR) is 70.0 cm³/mol. The first kappa shape index (κ1) is 14.4. The summed E-state index contributed by atoms with van der Waals surface area (Å²) in [6.45, 7) is 2.29. The minimum atomic E-state index is -0.843. The maximum absolute atomic E-state index is 11.6. The number of rotatable bonds is 6. The summed E-state index contributed by atoms with van der Waals surface area (Å²) in [4.78, 5) is 26.8. The van der Waals surface area contributed by atoms with Crippen LogP contribution in [-0.4, -0.2) is 28.6 Å². The third-order valence-electron chi connectivity index (χ3n) is 3.70. The fraction of sp³-hybridized carbons (Fsp3) is 0.615. The summed E-state index contributed by atoms with van der Waals surface area (Å²) in [6, 6.07) is -0.409. The number of aromatic nitrogens is 1. The van der Waals surface area contributed by atoms with E-state index >= 15 is 0 Å². The van der Waals surface area contributed by atoms with Gasteiger partial charge in [-0.25, -0.2) is 9.78 Å². The van der Waals surface area contributed by atoms with Crippen LogP contribution >= 0.6 is 0 Å². The Morgan fingerprint density at radius 1 is 1.45 bits per heavy atom. The zero-order valence-corrected chi connectivity index (χ0v) is 11.4. The summed E-state index contributed by atoms with van der Waals surface area (Å²) in [5, 5.41) is 14.3. The van der Waals surface area contributed by atoms with E-state index in [1.807, 2.05) is 6.92 Å². The quantitative estimate of drug-likeness (QED) is 0.728. The van der Waals surface area contributed by atoms with Gasteiger partial charge in [-0.1, -0.05) is 13.3 Å². The van der Waals surface area contributed by atoms with Crippen LogP contribution in [0.5, 0.6) is 0 Å². The van der Waals surface area contributed by atoms with Gasteiger partial charge in [-0.15, -0.1) is 0 Å². The van der Waals surface area contributed by atoms with Crippen molar-refractivity contribution in [2.24, 2.45) is 5.41 Å². The zero-order chi connectivity index (χ0) is 14.6. The Labute approximate surface area is 116 Å². The minimum Gasteiger partial charge on any atom is -0.481 e. The second kappa shape index (κ2) is 5.94. The van der Waals surface area contributed by atoms with E-state index < -0.39 is 17.4 Å². The van der Waals surface area contributed by atoms with Gasteiger partial charge in [0, 0.05) is 13.0 Å². The maximum Gasteiger partial charge on any atom is 0.315 e. The molecule has 3 N–H and O–H groups in total. The number of hydrogen-bond donors (Lipinski definition) is 3. The standard InChI is InChI=1S/C13H19N3O4/c1-2-9-6-14-10(20-9)7-15-12(19)16-8-13(11(17)18)4-3-5-13/h6H,2-5,7-8H2,1H3,(H,17,18)(H2,15,16,19). The van der Waals surface area contributed by atoms with Gasteiger partial charge in [0.15, 0.2) is 0 Å². The van der Waals surface area contributed by atoms with Crippen molar-refractivity contribution in [2.75, 3.05) is 6.54 Å². The number of carboxylic acid groups (broad SMARTS) is 1. The molecule has 0 aromatic carbocycles. The molecule has 0 atom stereocenters. The molecule has 2 rings (SSSR count). The molecule has 20 heavy (non-hydrogen) atoms. The fourth-order valence-electron chi connectivity index (χ4n) is 2.13. The Hall–Kier alpha value is -2.05. The number of urea groups is 1. The van der Waals surface area contributed by atoms with Crippen LogP contribution in [0.15, 0.2) is 10.6 Å².